The van der Waals surface area contributed by atoms with Gasteiger partial charge in [0, 0.05) is 0 Å². The molecule has 0 aromatic carbocycles. The summed E-state index contributed by atoms with van der Waals surface area (Å²) in [7, 11) is 0. The van der Waals surface area contributed by atoms with Crippen LogP contribution >= 0.6 is 0 Å². The van der Waals surface area contributed by atoms with Crippen molar-refractivity contribution in [2.75, 3.05) is 13.2 Å². The van der Waals surface area contributed by atoms with Crippen LogP contribution in [0.2, 0.25) is 1.41 Å². The molecule has 120 valence electrons. The molecular weight excluding hydrogens is 270 g/mol. The summed E-state index contributed by atoms with van der Waals surface area (Å²) in [5, 5.41) is 46.3. The number of rotatable bonds is 10. The van der Waals surface area contributed by atoms with Crippen LogP contribution in [0.4, 0.5) is 0 Å². The highest BCUT2D eigenvalue weighted by Gasteiger charge is 2.31. The van der Waals surface area contributed by atoms with Gasteiger partial charge in [0.25, 0.3) is 0 Å². The maximum absolute atomic E-state index is 11.6. The van der Waals surface area contributed by atoms with Crippen molar-refractivity contribution in [3.8, 4) is 0 Å². The van der Waals surface area contributed by atoms with E-state index in [1.165, 1.54) is 0 Å². The molecule has 0 aliphatic heterocycles. The largest absolute Gasteiger partial charge is 0.462 e. The molecule has 0 aromatic rings. The quantitative estimate of drug-likeness (QED) is 0.239. The predicted octanol–water partition coefficient (Wildman–Crippen LogP) is -2.66. The molecule has 0 spiro atoms. The lowest BCUT2D eigenvalue weighted by Crippen LogP contribution is -2.48. The standard InChI is InChI=1S/C12H25NO7/c1-6(2)3-7(13)12(19)20-5-9(16)11(18)10(17)8(15)4-14/h6-11,14-18H,3-5,13H2,1-2H3/t7-,8+,9-,10+,11+/m0/s1/i/hD. The van der Waals surface area contributed by atoms with Gasteiger partial charge >= 0.3 is 5.97 Å². The zero-order valence-electron chi connectivity index (χ0n) is 12.6. The Morgan fingerprint density at radius 1 is 1.20 bits per heavy atom. The van der Waals surface area contributed by atoms with Crippen molar-refractivity contribution in [2.45, 2.75) is 50.7 Å². The molecule has 0 aliphatic rings. The maximum Gasteiger partial charge on any atom is 0.323 e. The number of nitrogens with two attached hydrogens (primary N) is 1. The van der Waals surface area contributed by atoms with Gasteiger partial charge in [-0.25, -0.2) is 0 Å². The van der Waals surface area contributed by atoms with E-state index in [1.54, 1.807) is 0 Å². The highest BCUT2D eigenvalue weighted by molar-refractivity contribution is 5.75. The predicted molar refractivity (Wildman–Crippen MR) is 69.5 cm³/mol. The fraction of sp³-hybridized carbons (Fsp3) is 0.917. The van der Waals surface area contributed by atoms with E-state index >= 15 is 0 Å². The second-order valence-electron chi connectivity index (χ2n) is 5.11. The van der Waals surface area contributed by atoms with Crippen LogP contribution in [0.3, 0.4) is 0 Å². The second-order valence-corrected chi connectivity index (χ2v) is 5.11. The Labute approximate surface area is 119 Å². The molecule has 0 fully saturated rings. The summed E-state index contributed by atoms with van der Waals surface area (Å²) in [5.74, 6) is -0.611. The number of ether oxygens (including phenoxy) is 1. The van der Waals surface area contributed by atoms with Gasteiger partial charge in [-0.15, -0.1) is 0 Å². The first kappa shape index (κ1) is 17.3. The van der Waals surface area contributed by atoms with Crippen molar-refractivity contribution in [3.05, 3.63) is 0 Å². The van der Waals surface area contributed by atoms with Crippen molar-refractivity contribution in [1.29, 1.82) is 0 Å². The van der Waals surface area contributed by atoms with Crippen LogP contribution in [0.5, 0.6) is 0 Å². The molecule has 0 amide bonds. The van der Waals surface area contributed by atoms with E-state index in [-0.39, 0.29) is 5.92 Å². The smallest absolute Gasteiger partial charge is 0.323 e. The van der Waals surface area contributed by atoms with E-state index in [9.17, 15) is 20.1 Å². The summed E-state index contributed by atoms with van der Waals surface area (Å²) < 4.78 is 11.8. The monoisotopic (exact) mass is 296 g/mol. The molecule has 0 aromatic heterocycles. The highest BCUT2D eigenvalue weighted by atomic mass is 16.5. The highest BCUT2D eigenvalue weighted by Crippen LogP contribution is 2.07. The van der Waals surface area contributed by atoms with E-state index in [2.05, 4.69) is 0 Å². The first-order valence-electron chi connectivity index (χ1n) is 6.91. The molecular formula is C12H25NO7. The lowest BCUT2D eigenvalue weighted by Gasteiger charge is -2.25. The second kappa shape index (κ2) is 9.22. The topological polar surface area (TPSA) is 153 Å². The van der Waals surface area contributed by atoms with Gasteiger partial charge in [-0.3, -0.25) is 4.79 Å². The SMILES string of the molecule is [2H]N[C@@H](CC(C)C)C(=O)OC[C@H](O)[C@@H](O)[C@H](O)[C@H](O)CO. The van der Waals surface area contributed by atoms with Crippen molar-refractivity contribution in [2.24, 2.45) is 11.6 Å². The number of carbonyl (C=O) groups is 1. The van der Waals surface area contributed by atoms with Crippen LogP contribution < -0.4 is 5.73 Å². The molecule has 20 heavy (non-hydrogen) atoms. The summed E-state index contributed by atoms with van der Waals surface area (Å²) in [6.45, 7) is 2.33. The summed E-state index contributed by atoms with van der Waals surface area (Å²) in [4.78, 5) is 11.6. The van der Waals surface area contributed by atoms with Crippen LogP contribution in [0, 0.1) is 5.92 Å². The molecule has 0 bridgehead atoms. The van der Waals surface area contributed by atoms with E-state index < -0.39 is 49.6 Å². The average Bonchev–Trinajstić information content (AvgIpc) is 2.46. The third-order valence-electron chi connectivity index (χ3n) is 2.71. The average molecular weight is 296 g/mol. The van der Waals surface area contributed by atoms with Gasteiger partial charge in [0.05, 0.1) is 6.61 Å². The molecule has 8 heteroatoms. The van der Waals surface area contributed by atoms with E-state index in [0.717, 1.165) is 0 Å². The minimum atomic E-state index is -1.78. The van der Waals surface area contributed by atoms with Crippen molar-refractivity contribution >= 4 is 5.97 Å². The van der Waals surface area contributed by atoms with Gasteiger partial charge in [0.2, 0.25) is 0 Å². The van der Waals surface area contributed by atoms with Gasteiger partial charge in [0.1, 0.15) is 38.5 Å². The van der Waals surface area contributed by atoms with Crippen molar-refractivity contribution < 1.29 is 36.5 Å². The van der Waals surface area contributed by atoms with E-state index in [1.807, 2.05) is 19.6 Å². The van der Waals surface area contributed by atoms with Gasteiger partial charge < -0.3 is 36.0 Å². The molecule has 0 rings (SSSR count). The minimum absolute atomic E-state index is 0.150. The zero-order chi connectivity index (χ0) is 16.6. The first-order chi connectivity index (χ1) is 9.74. The number of aliphatic hydroxyl groups excluding tert-OH is 5. The third-order valence-corrected chi connectivity index (χ3v) is 2.71. The summed E-state index contributed by atoms with van der Waals surface area (Å²) >= 11 is 0. The van der Waals surface area contributed by atoms with Gasteiger partial charge in [-0.2, -0.15) is 0 Å². The Morgan fingerprint density at radius 3 is 2.20 bits per heavy atom. The Morgan fingerprint density at radius 2 is 1.75 bits per heavy atom. The van der Waals surface area contributed by atoms with Crippen LogP contribution in [-0.4, -0.2) is 75.2 Å². The normalized spacial score (nSPS) is 19.9. The van der Waals surface area contributed by atoms with Crippen LogP contribution in [0.1, 0.15) is 20.3 Å². The lowest BCUT2D eigenvalue weighted by molar-refractivity contribution is -0.157. The summed E-state index contributed by atoms with van der Waals surface area (Å²) in [6.07, 6.45) is -6.44. The molecule has 0 radical (unpaired) electrons. The molecule has 0 saturated carbocycles. The number of esters is 1. The Hall–Kier alpha value is -0.770. The van der Waals surface area contributed by atoms with Crippen molar-refractivity contribution in [3.63, 3.8) is 0 Å². The van der Waals surface area contributed by atoms with Crippen LogP contribution in [0.25, 0.3) is 0 Å². The van der Waals surface area contributed by atoms with Crippen LogP contribution in [0.15, 0.2) is 0 Å². The number of carbonyl (C=O) groups excluding carboxylic acids is 1. The summed E-state index contributed by atoms with van der Waals surface area (Å²) in [5.41, 5.74) is 2.05. The van der Waals surface area contributed by atoms with Gasteiger partial charge in [-0.05, 0) is 12.3 Å². The fourth-order valence-corrected chi connectivity index (χ4v) is 1.50. The third kappa shape index (κ3) is 6.60. The Bertz CT molecular complexity index is 305. The van der Waals surface area contributed by atoms with Gasteiger partial charge in [0.15, 0.2) is 0 Å². The first-order valence-corrected chi connectivity index (χ1v) is 6.41. The van der Waals surface area contributed by atoms with E-state index in [4.69, 9.17) is 16.4 Å². The zero-order valence-corrected chi connectivity index (χ0v) is 11.6. The number of hydrogen-bond acceptors (Lipinski definition) is 8. The number of aliphatic hydroxyl groups is 5. The fourth-order valence-electron chi connectivity index (χ4n) is 1.50. The van der Waals surface area contributed by atoms with E-state index in [0.29, 0.717) is 6.42 Å². The maximum atomic E-state index is 11.6. The lowest BCUT2D eigenvalue weighted by atomic mass is 10.0. The van der Waals surface area contributed by atoms with Gasteiger partial charge in [-0.1, -0.05) is 13.8 Å². The molecule has 0 aliphatic carbocycles. The Balaban J connectivity index is 4.33. The number of hydrogen-bond donors (Lipinski definition) is 6. The van der Waals surface area contributed by atoms with Crippen LogP contribution in [-0.2, 0) is 9.53 Å². The molecule has 5 atom stereocenters. The molecule has 0 unspecified atom stereocenters. The minimum Gasteiger partial charge on any atom is -0.462 e. The van der Waals surface area contributed by atoms with Crippen molar-refractivity contribution in [1.82, 2.24) is 0 Å². The molecule has 7 N–H and O–H groups in total. The Kier molecular flexibility index (Phi) is 7.97. The summed E-state index contributed by atoms with van der Waals surface area (Å²) in [6, 6.07) is -0.859. The molecule has 0 saturated heterocycles. The molecule has 0 heterocycles. The molecule has 8 nitrogen and oxygen atoms in total.